The van der Waals surface area contributed by atoms with Crippen LogP contribution in [0.2, 0.25) is 0 Å². The zero-order chi connectivity index (χ0) is 11.5. The van der Waals surface area contributed by atoms with Gasteiger partial charge in [-0.25, -0.2) is 13.6 Å². The van der Waals surface area contributed by atoms with Gasteiger partial charge in [-0.15, -0.1) is 6.58 Å². The Morgan fingerprint density at radius 2 is 2.27 bits per heavy atom. The van der Waals surface area contributed by atoms with Gasteiger partial charge in [-0.2, -0.15) is 0 Å². The highest BCUT2D eigenvalue weighted by Crippen LogP contribution is 2.25. The summed E-state index contributed by atoms with van der Waals surface area (Å²) >= 11 is 0. The molecular formula is C10H19NO3S. The number of hydrogen-bond acceptors (Lipinski definition) is 3. The topological polar surface area (TPSA) is 69.4 Å². The molecule has 1 fully saturated rings. The van der Waals surface area contributed by atoms with Crippen molar-refractivity contribution in [2.75, 3.05) is 6.61 Å². The van der Waals surface area contributed by atoms with E-state index < -0.39 is 15.3 Å². The van der Waals surface area contributed by atoms with Crippen molar-refractivity contribution in [3.05, 3.63) is 12.7 Å². The first-order valence-corrected chi connectivity index (χ1v) is 6.80. The molecule has 1 aliphatic heterocycles. The molecule has 1 rings (SSSR count). The standard InChI is InChI=1S/C10H19NO3S/c1-3-4-8(2)10(15(11,12)13)7-9-5-6-14-9/h3,8-10H,1,4-7H2,2H3,(H2,11,12,13)/t8-,9+,10+/m0/s1. The molecule has 3 atom stereocenters. The van der Waals surface area contributed by atoms with Crippen LogP contribution in [-0.2, 0) is 14.8 Å². The van der Waals surface area contributed by atoms with Gasteiger partial charge in [-0.1, -0.05) is 13.0 Å². The quantitative estimate of drug-likeness (QED) is 0.697. The van der Waals surface area contributed by atoms with Gasteiger partial charge in [-0.3, -0.25) is 0 Å². The molecule has 88 valence electrons. The van der Waals surface area contributed by atoms with E-state index in [1.807, 2.05) is 6.92 Å². The minimum Gasteiger partial charge on any atom is -0.378 e. The van der Waals surface area contributed by atoms with Gasteiger partial charge < -0.3 is 4.74 Å². The Labute approximate surface area is 91.5 Å². The third-order valence-corrected chi connectivity index (χ3v) is 4.38. The Hall–Kier alpha value is -0.390. The van der Waals surface area contributed by atoms with E-state index in [1.54, 1.807) is 6.08 Å². The average molecular weight is 233 g/mol. The number of ether oxygens (including phenoxy) is 1. The Bertz CT molecular complexity index is 309. The highest BCUT2D eigenvalue weighted by Gasteiger charge is 2.32. The van der Waals surface area contributed by atoms with Crippen LogP contribution in [0.15, 0.2) is 12.7 Å². The molecule has 0 unspecified atom stereocenters. The summed E-state index contributed by atoms with van der Waals surface area (Å²) in [6.45, 7) is 6.23. The van der Waals surface area contributed by atoms with Crippen molar-refractivity contribution in [3.63, 3.8) is 0 Å². The molecule has 0 aliphatic carbocycles. The van der Waals surface area contributed by atoms with E-state index in [4.69, 9.17) is 9.88 Å². The van der Waals surface area contributed by atoms with Crippen molar-refractivity contribution in [1.29, 1.82) is 0 Å². The van der Waals surface area contributed by atoms with Gasteiger partial charge in [0.15, 0.2) is 0 Å². The van der Waals surface area contributed by atoms with Gasteiger partial charge in [0.05, 0.1) is 11.4 Å². The van der Waals surface area contributed by atoms with Crippen molar-refractivity contribution in [1.82, 2.24) is 0 Å². The normalized spacial score (nSPS) is 25.3. The fourth-order valence-corrected chi connectivity index (χ4v) is 3.08. The molecule has 4 nitrogen and oxygen atoms in total. The number of sulfonamides is 1. The van der Waals surface area contributed by atoms with E-state index in [-0.39, 0.29) is 12.0 Å². The SMILES string of the molecule is C=CC[C@H](C)[C@@H](C[C@H]1CCO1)S(N)(=O)=O. The van der Waals surface area contributed by atoms with Gasteiger partial charge in [0.2, 0.25) is 10.0 Å². The number of allylic oxidation sites excluding steroid dienone is 1. The molecular weight excluding hydrogens is 214 g/mol. The van der Waals surface area contributed by atoms with Crippen LogP contribution in [0, 0.1) is 5.92 Å². The minimum absolute atomic E-state index is 0.00157. The first-order chi connectivity index (χ1) is 6.95. The second-order valence-corrected chi connectivity index (χ2v) is 5.93. The summed E-state index contributed by atoms with van der Waals surface area (Å²) in [5.74, 6) is 0.00157. The first kappa shape index (κ1) is 12.7. The van der Waals surface area contributed by atoms with Crippen molar-refractivity contribution in [3.8, 4) is 0 Å². The van der Waals surface area contributed by atoms with Crippen LogP contribution >= 0.6 is 0 Å². The van der Waals surface area contributed by atoms with Crippen LogP contribution in [0.4, 0.5) is 0 Å². The molecule has 1 aliphatic rings. The van der Waals surface area contributed by atoms with E-state index >= 15 is 0 Å². The summed E-state index contributed by atoms with van der Waals surface area (Å²) in [4.78, 5) is 0. The molecule has 15 heavy (non-hydrogen) atoms. The lowest BCUT2D eigenvalue weighted by Crippen LogP contribution is -2.40. The molecule has 0 amide bonds. The fraction of sp³-hybridized carbons (Fsp3) is 0.800. The van der Waals surface area contributed by atoms with E-state index in [1.165, 1.54) is 0 Å². The van der Waals surface area contributed by atoms with Crippen LogP contribution < -0.4 is 5.14 Å². The summed E-state index contributed by atoms with van der Waals surface area (Å²) in [5, 5.41) is 4.71. The Morgan fingerprint density at radius 3 is 2.60 bits per heavy atom. The number of nitrogens with two attached hydrogens (primary N) is 1. The van der Waals surface area contributed by atoms with Gasteiger partial charge in [-0.05, 0) is 25.2 Å². The Morgan fingerprint density at radius 1 is 1.67 bits per heavy atom. The molecule has 1 heterocycles. The van der Waals surface area contributed by atoms with Crippen LogP contribution in [0.1, 0.15) is 26.2 Å². The van der Waals surface area contributed by atoms with Crippen LogP contribution in [-0.4, -0.2) is 26.4 Å². The van der Waals surface area contributed by atoms with Gasteiger partial charge in [0.25, 0.3) is 0 Å². The van der Waals surface area contributed by atoms with Gasteiger partial charge in [0, 0.05) is 6.61 Å². The molecule has 5 heteroatoms. The highest BCUT2D eigenvalue weighted by molar-refractivity contribution is 7.89. The van der Waals surface area contributed by atoms with Crippen molar-refractivity contribution in [2.24, 2.45) is 11.1 Å². The lowest BCUT2D eigenvalue weighted by molar-refractivity contribution is -0.0563. The van der Waals surface area contributed by atoms with E-state index in [0.717, 1.165) is 13.0 Å². The Kier molecular flexibility index (Phi) is 4.31. The lowest BCUT2D eigenvalue weighted by atomic mass is 9.96. The van der Waals surface area contributed by atoms with E-state index in [0.29, 0.717) is 12.8 Å². The van der Waals surface area contributed by atoms with Gasteiger partial charge >= 0.3 is 0 Å². The monoisotopic (exact) mass is 233 g/mol. The lowest BCUT2D eigenvalue weighted by Gasteiger charge is -2.31. The average Bonchev–Trinajstić information content (AvgIpc) is 1.99. The maximum absolute atomic E-state index is 11.4. The summed E-state index contributed by atoms with van der Waals surface area (Å²) < 4.78 is 28.1. The largest absolute Gasteiger partial charge is 0.378 e. The number of hydrogen-bond donors (Lipinski definition) is 1. The molecule has 0 saturated carbocycles. The van der Waals surface area contributed by atoms with Crippen LogP contribution in [0.25, 0.3) is 0 Å². The molecule has 2 N–H and O–H groups in total. The minimum atomic E-state index is -3.49. The molecule has 1 saturated heterocycles. The van der Waals surface area contributed by atoms with Crippen molar-refractivity contribution in [2.45, 2.75) is 37.5 Å². The zero-order valence-corrected chi connectivity index (χ0v) is 9.87. The molecule has 0 radical (unpaired) electrons. The molecule has 0 aromatic heterocycles. The first-order valence-electron chi connectivity index (χ1n) is 5.19. The fourth-order valence-electron chi connectivity index (χ4n) is 1.83. The molecule has 0 bridgehead atoms. The molecule has 0 aromatic rings. The third-order valence-electron chi connectivity index (χ3n) is 2.88. The van der Waals surface area contributed by atoms with Gasteiger partial charge in [0.1, 0.15) is 0 Å². The predicted octanol–water partition coefficient (Wildman–Crippen LogP) is 1.03. The second-order valence-electron chi connectivity index (χ2n) is 4.15. The zero-order valence-electron chi connectivity index (χ0n) is 9.06. The van der Waals surface area contributed by atoms with Crippen molar-refractivity contribution >= 4 is 10.0 Å². The predicted molar refractivity (Wildman–Crippen MR) is 59.8 cm³/mol. The maximum Gasteiger partial charge on any atom is 0.212 e. The number of rotatable bonds is 6. The Balaban J connectivity index is 2.63. The van der Waals surface area contributed by atoms with Crippen LogP contribution in [0.5, 0.6) is 0 Å². The number of primary sulfonamides is 1. The molecule has 0 spiro atoms. The van der Waals surface area contributed by atoms with E-state index in [2.05, 4.69) is 6.58 Å². The van der Waals surface area contributed by atoms with E-state index in [9.17, 15) is 8.42 Å². The van der Waals surface area contributed by atoms with Crippen LogP contribution in [0.3, 0.4) is 0 Å². The van der Waals surface area contributed by atoms with Crippen molar-refractivity contribution < 1.29 is 13.2 Å². The molecule has 0 aromatic carbocycles. The summed E-state index contributed by atoms with van der Waals surface area (Å²) in [5.41, 5.74) is 0. The smallest absolute Gasteiger partial charge is 0.212 e. The third kappa shape index (κ3) is 3.59. The highest BCUT2D eigenvalue weighted by atomic mass is 32.2. The summed E-state index contributed by atoms with van der Waals surface area (Å²) in [6.07, 6.45) is 3.90. The summed E-state index contributed by atoms with van der Waals surface area (Å²) in [6, 6.07) is 0. The maximum atomic E-state index is 11.4. The summed E-state index contributed by atoms with van der Waals surface area (Å²) in [7, 11) is -3.49. The second kappa shape index (κ2) is 5.09.